The first-order chi connectivity index (χ1) is 10.2. The molecule has 0 bridgehead atoms. The van der Waals surface area contributed by atoms with Crippen molar-refractivity contribution < 1.29 is 9.50 Å². The third-order valence-corrected chi connectivity index (χ3v) is 3.11. The minimum absolute atomic E-state index is 0.0724. The van der Waals surface area contributed by atoms with Crippen molar-refractivity contribution in [1.29, 1.82) is 0 Å². The molecule has 0 aliphatic heterocycles. The van der Waals surface area contributed by atoms with Crippen LogP contribution in [0.3, 0.4) is 0 Å². The Morgan fingerprint density at radius 3 is 2.76 bits per heavy atom. The largest absolute Gasteiger partial charge is 0.392 e. The number of azo groups is 1. The smallest absolute Gasteiger partial charge is 0.182 e. The predicted octanol–water partition coefficient (Wildman–Crippen LogP) is 3.69. The van der Waals surface area contributed by atoms with E-state index in [0.717, 1.165) is 5.56 Å². The molecule has 3 aromatic rings. The van der Waals surface area contributed by atoms with E-state index in [9.17, 15) is 9.50 Å². The van der Waals surface area contributed by atoms with E-state index in [2.05, 4.69) is 15.2 Å². The van der Waals surface area contributed by atoms with Gasteiger partial charge in [0, 0.05) is 6.20 Å². The van der Waals surface area contributed by atoms with Gasteiger partial charge < -0.3 is 5.11 Å². The minimum atomic E-state index is -0.427. The van der Waals surface area contributed by atoms with Crippen LogP contribution in [0.15, 0.2) is 52.8 Å². The second-order valence-electron chi connectivity index (χ2n) is 4.60. The number of aryl methyl sites for hydroxylation is 1. The van der Waals surface area contributed by atoms with Gasteiger partial charge in [0.2, 0.25) is 0 Å². The zero-order valence-electron chi connectivity index (χ0n) is 11.4. The van der Waals surface area contributed by atoms with E-state index in [1.54, 1.807) is 47.9 Å². The molecule has 6 heteroatoms. The summed E-state index contributed by atoms with van der Waals surface area (Å²) in [4.78, 5) is 4.36. The third kappa shape index (κ3) is 2.53. The highest BCUT2D eigenvalue weighted by Gasteiger charge is 2.09. The first-order valence-electron chi connectivity index (χ1n) is 6.44. The molecule has 0 spiro atoms. The van der Waals surface area contributed by atoms with Crippen LogP contribution in [0, 0.1) is 12.7 Å². The van der Waals surface area contributed by atoms with Gasteiger partial charge >= 0.3 is 0 Å². The van der Waals surface area contributed by atoms with Gasteiger partial charge in [-0.3, -0.25) is 4.40 Å². The van der Waals surface area contributed by atoms with E-state index in [0.29, 0.717) is 17.2 Å². The fraction of sp³-hybridized carbons (Fsp3) is 0.133. The number of hydrogen-bond acceptors (Lipinski definition) is 4. The van der Waals surface area contributed by atoms with E-state index < -0.39 is 5.82 Å². The molecule has 0 radical (unpaired) electrons. The number of aliphatic hydroxyl groups is 1. The number of aliphatic hydroxyl groups excluding tert-OH is 1. The summed E-state index contributed by atoms with van der Waals surface area (Å²) in [6.45, 7) is 1.73. The zero-order chi connectivity index (χ0) is 14.8. The average molecular weight is 284 g/mol. The molecule has 2 heterocycles. The van der Waals surface area contributed by atoms with Crippen molar-refractivity contribution in [1.82, 2.24) is 9.38 Å². The maximum atomic E-state index is 13.5. The first-order valence-corrected chi connectivity index (χ1v) is 6.44. The van der Waals surface area contributed by atoms with Gasteiger partial charge in [-0.2, -0.15) is 0 Å². The lowest BCUT2D eigenvalue weighted by molar-refractivity contribution is 0.281. The predicted molar refractivity (Wildman–Crippen MR) is 76.4 cm³/mol. The topological polar surface area (TPSA) is 62.2 Å². The second kappa shape index (κ2) is 5.41. The molecule has 1 N–H and O–H groups in total. The minimum Gasteiger partial charge on any atom is -0.392 e. The molecule has 5 nitrogen and oxygen atoms in total. The van der Waals surface area contributed by atoms with Crippen LogP contribution in [-0.4, -0.2) is 14.5 Å². The molecule has 0 fully saturated rings. The van der Waals surface area contributed by atoms with Gasteiger partial charge in [0.25, 0.3) is 0 Å². The highest BCUT2D eigenvalue weighted by atomic mass is 19.1. The number of aromatic nitrogens is 2. The molecule has 1 aromatic carbocycles. The van der Waals surface area contributed by atoms with Gasteiger partial charge in [-0.15, -0.1) is 10.2 Å². The lowest BCUT2D eigenvalue weighted by Gasteiger charge is -2.00. The molecule has 0 aliphatic carbocycles. The molecular weight excluding hydrogens is 271 g/mol. The number of nitrogens with zero attached hydrogens (tertiary/aromatic N) is 4. The molecule has 3 rings (SSSR count). The number of halogens is 1. The monoisotopic (exact) mass is 284 g/mol. The van der Waals surface area contributed by atoms with Crippen LogP contribution in [-0.2, 0) is 6.61 Å². The lowest BCUT2D eigenvalue weighted by Crippen LogP contribution is -1.89. The van der Waals surface area contributed by atoms with Gasteiger partial charge in [-0.25, -0.2) is 9.37 Å². The molecule has 2 aromatic heterocycles. The van der Waals surface area contributed by atoms with Crippen molar-refractivity contribution in [3.05, 3.63) is 59.7 Å². The first kappa shape index (κ1) is 13.4. The quantitative estimate of drug-likeness (QED) is 0.745. The second-order valence-corrected chi connectivity index (χ2v) is 4.60. The van der Waals surface area contributed by atoms with Crippen molar-refractivity contribution in [2.75, 3.05) is 0 Å². The lowest BCUT2D eigenvalue weighted by atomic mass is 10.3. The van der Waals surface area contributed by atoms with E-state index >= 15 is 0 Å². The number of hydrogen-bond donors (Lipinski definition) is 1. The Balaban J connectivity index is 2.07. The standard InChI is InChI=1S/C15H13FN4O/c1-10-15(19-18-13-5-3-2-4-12(13)16)20-8-11(9-21)6-7-14(20)17-10/h2-8,21H,9H2,1H3. The molecular formula is C15H13FN4O. The number of imidazole rings is 1. The summed E-state index contributed by atoms with van der Waals surface area (Å²) < 4.78 is 15.3. The van der Waals surface area contributed by atoms with Gasteiger partial charge in [0.15, 0.2) is 11.6 Å². The molecule has 106 valence electrons. The van der Waals surface area contributed by atoms with Crippen molar-refractivity contribution in [2.24, 2.45) is 10.2 Å². The SMILES string of the molecule is Cc1nc2ccc(CO)cn2c1N=Nc1ccccc1F. The molecule has 21 heavy (non-hydrogen) atoms. The van der Waals surface area contributed by atoms with Crippen LogP contribution in [0.4, 0.5) is 15.9 Å². The molecule has 0 saturated carbocycles. The van der Waals surface area contributed by atoms with E-state index in [-0.39, 0.29) is 12.3 Å². The summed E-state index contributed by atoms with van der Waals surface area (Å²) in [5.41, 5.74) is 2.30. The molecule has 0 atom stereocenters. The van der Waals surface area contributed by atoms with Crippen LogP contribution in [0.1, 0.15) is 11.3 Å². The third-order valence-electron chi connectivity index (χ3n) is 3.11. The molecule has 0 unspecified atom stereocenters. The summed E-state index contributed by atoms with van der Waals surface area (Å²) in [6, 6.07) is 9.76. The molecule has 0 amide bonds. The van der Waals surface area contributed by atoms with E-state index in [4.69, 9.17) is 0 Å². The van der Waals surface area contributed by atoms with Crippen molar-refractivity contribution >= 4 is 17.2 Å². The van der Waals surface area contributed by atoms with Crippen molar-refractivity contribution in [3.8, 4) is 0 Å². The molecule has 0 saturated heterocycles. The van der Waals surface area contributed by atoms with Crippen LogP contribution in [0.5, 0.6) is 0 Å². The van der Waals surface area contributed by atoms with Gasteiger partial charge in [0.1, 0.15) is 11.3 Å². The Labute approximate surface area is 120 Å². The van der Waals surface area contributed by atoms with Crippen LogP contribution in [0.2, 0.25) is 0 Å². The van der Waals surface area contributed by atoms with Crippen LogP contribution >= 0.6 is 0 Å². The summed E-state index contributed by atoms with van der Waals surface area (Å²) in [5.74, 6) is 0.0901. The normalized spacial score (nSPS) is 11.6. The maximum Gasteiger partial charge on any atom is 0.182 e. The summed E-state index contributed by atoms with van der Waals surface area (Å²) >= 11 is 0. The zero-order valence-corrected chi connectivity index (χ0v) is 11.4. The summed E-state index contributed by atoms with van der Waals surface area (Å²) in [7, 11) is 0. The summed E-state index contributed by atoms with van der Waals surface area (Å²) in [6.07, 6.45) is 1.74. The number of benzene rings is 1. The van der Waals surface area contributed by atoms with Crippen molar-refractivity contribution in [2.45, 2.75) is 13.5 Å². The highest BCUT2D eigenvalue weighted by molar-refractivity contribution is 5.52. The maximum absolute atomic E-state index is 13.5. The van der Waals surface area contributed by atoms with Gasteiger partial charge in [0.05, 0.1) is 12.3 Å². The Morgan fingerprint density at radius 2 is 2.00 bits per heavy atom. The number of fused-ring (bicyclic) bond motifs is 1. The fourth-order valence-electron chi connectivity index (χ4n) is 2.04. The Bertz CT molecular complexity index is 826. The fourth-order valence-corrected chi connectivity index (χ4v) is 2.04. The Morgan fingerprint density at radius 1 is 1.19 bits per heavy atom. The Kier molecular flexibility index (Phi) is 3.45. The van der Waals surface area contributed by atoms with Gasteiger partial charge in [-0.05, 0) is 30.7 Å². The van der Waals surface area contributed by atoms with E-state index in [1.165, 1.54) is 6.07 Å². The number of rotatable bonds is 3. The number of pyridine rings is 1. The van der Waals surface area contributed by atoms with Crippen LogP contribution in [0.25, 0.3) is 5.65 Å². The highest BCUT2D eigenvalue weighted by Crippen LogP contribution is 2.25. The molecule has 0 aliphatic rings. The summed E-state index contributed by atoms with van der Waals surface area (Å²) in [5, 5.41) is 17.2. The van der Waals surface area contributed by atoms with Crippen molar-refractivity contribution in [3.63, 3.8) is 0 Å². The Hall–Kier alpha value is -2.60. The average Bonchev–Trinajstić information content (AvgIpc) is 2.81. The van der Waals surface area contributed by atoms with E-state index in [1.807, 2.05) is 0 Å². The van der Waals surface area contributed by atoms with Crippen LogP contribution < -0.4 is 0 Å². The van der Waals surface area contributed by atoms with Gasteiger partial charge in [-0.1, -0.05) is 18.2 Å².